The minimum absolute atomic E-state index is 0.00806. The molecule has 126 valence electrons. The van der Waals surface area contributed by atoms with Crippen molar-refractivity contribution in [1.29, 1.82) is 0 Å². The maximum atomic E-state index is 12.0. The average molecular weight is 321 g/mol. The lowest BCUT2D eigenvalue weighted by atomic mass is 10.1. The van der Waals surface area contributed by atoms with Crippen LogP contribution < -0.4 is 10.2 Å². The molecule has 1 saturated heterocycles. The van der Waals surface area contributed by atoms with Crippen molar-refractivity contribution >= 4 is 17.3 Å². The minimum Gasteiger partial charge on any atom is -0.383 e. The number of nitrogens with zero attached hydrogens (tertiary/aromatic N) is 2. The van der Waals surface area contributed by atoms with E-state index in [0.29, 0.717) is 24.4 Å². The van der Waals surface area contributed by atoms with Gasteiger partial charge in [0, 0.05) is 38.4 Å². The van der Waals surface area contributed by atoms with Gasteiger partial charge in [-0.15, -0.1) is 0 Å². The number of nitro groups is 1. The molecule has 0 aromatic heterocycles. The van der Waals surface area contributed by atoms with E-state index in [9.17, 15) is 14.9 Å². The normalized spacial score (nSPS) is 15.1. The van der Waals surface area contributed by atoms with E-state index in [1.807, 2.05) is 0 Å². The van der Waals surface area contributed by atoms with Crippen LogP contribution in [-0.4, -0.2) is 44.2 Å². The second-order valence-corrected chi connectivity index (χ2v) is 5.61. The second-order valence-electron chi connectivity index (χ2n) is 5.61. The van der Waals surface area contributed by atoms with Gasteiger partial charge in [0.25, 0.3) is 11.6 Å². The van der Waals surface area contributed by atoms with Crippen molar-refractivity contribution in [3.05, 3.63) is 33.9 Å². The maximum absolute atomic E-state index is 12.0. The van der Waals surface area contributed by atoms with Crippen molar-refractivity contribution in [1.82, 2.24) is 5.32 Å². The molecule has 0 aliphatic carbocycles. The van der Waals surface area contributed by atoms with Crippen LogP contribution in [0.5, 0.6) is 0 Å². The van der Waals surface area contributed by atoms with Crippen molar-refractivity contribution in [3.8, 4) is 0 Å². The van der Waals surface area contributed by atoms with Crippen LogP contribution in [0.15, 0.2) is 18.2 Å². The summed E-state index contributed by atoms with van der Waals surface area (Å²) >= 11 is 0. The number of hydrogen-bond acceptors (Lipinski definition) is 5. The van der Waals surface area contributed by atoms with Crippen LogP contribution in [0.25, 0.3) is 0 Å². The van der Waals surface area contributed by atoms with Crippen LogP contribution >= 0.6 is 0 Å². The summed E-state index contributed by atoms with van der Waals surface area (Å²) in [5.74, 6) is -0.326. The van der Waals surface area contributed by atoms with Gasteiger partial charge < -0.3 is 15.0 Å². The zero-order chi connectivity index (χ0) is 16.7. The van der Waals surface area contributed by atoms with E-state index in [-0.39, 0.29) is 11.6 Å². The Morgan fingerprint density at radius 3 is 2.61 bits per heavy atom. The Labute approximate surface area is 135 Å². The summed E-state index contributed by atoms with van der Waals surface area (Å²) in [5, 5.41) is 14.1. The van der Waals surface area contributed by atoms with E-state index < -0.39 is 4.92 Å². The fourth-order valence-corrected chi connectivity index (χ4v) is 2.76. The van der Waals surface area contributed by atoms with Crippen molar-refractivity contribution in [2.45, 2.75) is 25.7 Å². The number of rotatable bonds is 6. The Morgan fingerprint density at radius 2 is 2.00 bits per heavy atom. The van der Waals surface area contributed by atoms with Crippen molar-refractivity contribution in [2.75, 3.05) is 38.3 Å². The molecule has 7 heteroatoms. The molecule has 1 aromatic carbocycles. The minimum atomic E-state index is -0.411. The van der Waals surface area contributed by atoms with Gasteiger partial charge in [0.1, 0.15) is 5.69 Å². The highest BCUT2D eigenvalue weighted by Crippen LogP contribution is 2.31. The summed E-state index contributed by atoms with van der Waals surface area (Å²) in [6.07, 6.45) is 4.39. The van der Waals surface area contributed by atoms with Gasteiger partial charge in [-0.3, -0.25) is 14.9 Å². The highest BCUT2D eigenvalue weighted by atomic mass is 16.6. The summed E-state index contributed by atoms with van der Waals surface area (Å²) in [7, 11) is 1.55. The van der Waals surface area contributed by atoms with E-state index in [0.717, 1.165) is 38.8 Å². The fourth-order valence-electron chi connectivity index (χ4n) is 2.76. The van der Waals surface area contributed by atoms with Gasteiger partial charge in [-0.2, -0.15) is 0 Å². The van der Waals surface area contributed by atoms with E-state index in [1.165, 1.54) is 6.07 Å². The van der Waals surface area contributed by atoms with E-state index in [4.69, 9.17) is 4.74 Å². The number of ether oxygens (including phenoxy) is 1. The molecule has 0 spiro atoms. The van der Waals surface area contributed by atoms with Gasteiger partial charge in [-0.05, 0) is 25.0 Å². The lowest BCUT2D eigenvalue weighted by Gasteiger charge is -2.22. The van der Waals surface area contributed by atoms with Crippen molar-refractivity contribution in [2.24, 2.45) is 0 Å². The number of carbonyl (C=O) groups excluding carboxylic acids is 1. The van der Waals surface area contributed by atoms with E-state index in [1.54, 1.807) is 19.2 Å². The monoisotopic (exact) mass is 321 g/mol. The molecule has 1 N–H and O–H groups in total. The third kappa shape index (κ3) is 4.66. The van der Waals surface area contributed by atoms with Crippen LogP contribution in [0.3, 0.4) is 0 Å². The Morgan fingerprint density at radius 1 is 1.30 bits per heavy atom. The van der Waals surface area contributed by atoms with Gasteiger partial charge in [0.15, 0.2) is 0 Å². The van der Waals surface area contributed by atoms with Crippen LogP contribution in [-0.2, 0) is 4.74 Å². The summed E-state index contributed by atoms with van der Waals surface area (Å²) in [6.45, 7) is 2.41. The van der Waals surface area contributed by atoms with E-state index in [2.05, 4.69) is 10.2 Å². The lowest BCUT2D eigenvalue weighted by molar-refractivity contribution is -0.384. The molecule has 1 heterocycles. The van der Waals surface area contributed by atoms with Crippen LogP contribution in [0.4, 0.5) is 11.4 Å². The Bertz CT molecular complexity index is 554. The van der Waals surface area contributed by atoms with Gasteiger partial charge >= 0.3 is 0 Å². The molecular formula is C16H23N3O4. The predicted octanol–water partition coefficient (Wildman–Crippen LogP) is 2.35. The van der Waals surface area contributed by atoms with Crippen LogP contribution in [0.2, 0.25) is 0 Å². The first-order chi connectivity index (χ1) is 11.1. The molecule has 1 aliphatic heterocycles. The lowest BCUT2D eigenvalue weighted by Crippen LogP contribution is -2.28. The third-order valence-electron chi connectivity index (χ3n) is 3.97. The van der Waals surface area contributed by atoms with Crippen LogP contribution in [0, 0.1) is 10.1 Å². The van der Waals surface area contributed by atoms with Gasteiger partial charge in [0.05, 0.1) is 11.5 Å². The first kappa shape index (κ1) is 17.2. The number of nitro benzene ring substituents is 1. The molecule has 1 fully saturated rings. The molecule has 23 heavy (non-hydrogen) atoms. The Kier molecular flexibility index (Phi) is 6.34. The Hall–Kier alpha value is -2.15. The van der Waals surface area contributed by atoms with Gasteiger partial charge in [-0.1, -0.05) is 12.8 Å². The first-order valence-electron chi connectivity index (χ1n) is 7.94. The largest absolute Gasteiger partial charge is 0.383 e. The first-order valence-corrected chi connectivity index (χ1v) is 7.94. The molecule has 0 bridgehead atoms. The summed E-state index contributed by atoms with van der Waals surface area (Å²) in [5.41, 5.74) is 0.892. The van der Waals surface area contributed by atoms with Crippen molar-refractivity contribution < 1.29 is 14.5 Å². The number of hydrogen-bond donors (Lipinski definition) is 1. The molecule has 1 amide bonds. The summed E-state index contributed by atoms with van der Waals surface area (Å²) in [4.78, 5) is 25.1. The van der Waals surface area contributed by atoms with Gasteiger partial charge in [-0.25, -0.2) is 0 Å². The molecule has 7 nitrogen and oxygen atoms in total. The molecule has 0 unspecified atom stereocenters. The number of carbonyl (C=O) groups is 1. The standard InChI is InChI=1S/C16H23N3O4/c1-23-11-8-17-16(20)13-6-7-14(15(12-13)19(21)22)18-9-4-2-3-5-10-18/h6-7,12H,2-5,8-11H2,1H3,(H,17,20). The second kappa shape index (κ2) is 8.47. The highest BCUT2D eigenvalue weighted by molar-refractivity contribution is 5.95. The van der Waals surface area contributed by atoms with Crippen LogP contribution in [0.1, 0.15) is 36.0 Å². The number of amides is 1. The quantitative estimate of drug-likeness (QED) is 0.494. The third-order valence-corrected chi connectivity index (χ3v) is 3.97. The topological polar surface area (TPSA) is 84.7 Å². The zero-order valence-electron chi connectivity index (χ0n) is 13.4. The molecule has 1 aliphatic rings. The summed E-state index contributed by atoms with van der Waals surface area (Å²) < 4.78 is 4.87. The smallest absolute Gasteiger partial charge is 0.293 e. The Balaban J connectivity index is 2.20. The number of benzene rings is 1. The number of anilines is 1. The molecule has 1 aromatic rings. The van der Waals surface area contributed by atoms with Gasteiger partial charge in [0.2, 0.25) is 0 Å². The molecule has 0 saturated carbocycles. The molecule has 0 radical (unpaired) electrons. The average Bonchev–Trinajstić information content (AvgIpc) is 2.83. The molecule has 0 atom stereocenters. The summed E-state index contributed by atoms with van der Waals surface area (Å²) in [6, 6.07) is 4.70. The SMILES string of the molecule is COCCNC(=O)c1ccc(N2CCCCCC2)c([N+](=O)[O-])c1. The highest BCUT2D eigenvalue weighted by Gasteiger charge is 2.22. The van der Waals surface area contributed by atoms with E-state index >= 15 is 0 Å². The predicted molar refractivity (Wildman–Crippen MR) is 88.0 cm³/mol. The zero-order valence-corrected chi connectivity index (χ0v) is 13.4. The molecule has 2 rings (SSSR count). The number of nitrogens with one attached hydrogen (secondary N) is 1. The fraction of sp³-hybridized carbons (Fsp3) is 0.562. The maximum Gasteiger partial charge on any atom is 0.293 e. The molecular weight excluding hydrogens is 298 g/mol. The number of methoxy groups -OCH3 is 1. The van der Waals surface area contributed by atoms with Crippen molar-refractivity contribution in [3.63, 3.8) is 0 Å².